The van der Waals surface area contributed by atoms with Crippen LogP contribution in [-0.2, 0) is 42.3 Å². The zero-order chi connectivity index (χ0) is 35.9. The lowest BCUT2D eigenvalue weighted by Crippen LogP contribution is -2.52. The zero-order valence-corrected chi connectivity index (χ0v) is 30.3. The molecule has 4 aromatic rings. The molecule has 0 atom stereocenters. The zero-order valence-electron chi connectivity index (χ0n) is 28.8. The Morgan fingerprint density at radius 1 is 0.686 bits per heavy atom. The van der Waals surface area contributed by atoms with Crippen LogP contribution in [0.4, 0.5) is 0 Å². The van der Waals surface area contributed by atoms with E-state index in [1.165, 1.54) is 0 Å². The highest BCUT2D eigenvalue weighted by Crippen LogP contribution is 2.31. The van der Waals surface area contributed by atoms with Crippen LogP contribution in [-0.4, -0.2) is 61.9 Å². The van der Waals surface area contributed by atoms with Gasteiger partial charge in [-0.1, -0.05) is 53.5 Å². The van der Waals surface area contributed by atoms with Crippen molar-refractivity contribution >= 4 is 35.0 Å². The molecule has 9 nitrogen and oxygen atoms in total. The molecule has 2 aliphatic rings. The van der Waals surface area contributed by atoms with E-state index in [-0.39, 0.29) is 23.7 Å². The summed E-state index contributed by atoms with van der Waals surface area (Å²) in [5.41, 5.74) is 7.04. The molecule has 2 saturated heterocycles. The Hall–Kier alpha value is -4.59. The fourth-order valence-corrected chi connectivity index (χ4v) is 6.81. The Morgan fingerprint density at radius 3 is 1.65 bits per heavy atom. The van der Waals surface area contributed by atoms with Gasteiger partial charge in [0.1, 0.15) is 24.7 Å². The third-order valence-corrected chi connectivity index (χ3v) is 10.3. The minimum absolute atomic E-state index is 0.000394. The molecule has 2 amide bonds. The lowest BCUT2D eigenvalue weighted by molar-refractivity contribution is -0.130. The number of amides is 2. The first-order chi connectivity index (χ1) is 24.7. The molecule has 0 bridgehead atoms. The standard InChI is InChI=1S/C40H41Cl2N5O4/c1-44-39(48)33-20-46(21-33)18-29-8-10-35(50-24-27-5-3-26(17-43)4-6-27)15-31(29)14-32-16-36(51-25-28-7-12-37(41)38(42)13-28)11-9-30(32)19-47-22-34(23-47)40(49)45-2/h3-13,15-16,33-34H,14,18-25H2,1-2H3,(H,44,48)(H,45,49). The van der Waals surface area contributed by atoms with E-state index in [1.807, 2.05) is 36.4 Å². The Morgan fingerprint density at radius 2 is 1.18 bits per heavy atom. The summed E-state index contributed by atoms with van der Waals surface area (Å²) >= 11 is 12.4. The van der Waals surface area contributed by atoms with Gasteiger partial charge in [0, 0.05) is 53.4 Å². The molecule has 0 saturated carbocycles. The fourth-order valence-electron chi connectivity index (χ4n) is 6.48. The first-order valence-corrected chi connectivity index (χ1v) is 17.8. The highest BCUT2D eigenvalue weighted by molar-refractivity contribution is 6.42. The van der Waals surface area contributed by atoms with E-state index in [9.17, 15) is 9.59 Å². The van der Waals surface area contributed by atoms with Crippen molar-refractivity contribution in [3.63, 3.8) is 0 Å². The van der Waals surface area contributed by atoms with Crippen LogP contribution in [0.3, 0.4) is 0 Å². The van der Waals surface area contributed by atoms with Gasteiger partial charge in [-0.15, -0.1) is 0 Å². The topological polar surface area (TPSA) is 107 Å². The molecule has 2 heterocycles. The first-order valence-electron chi connectivity index (χ1n) is 17.0. The number of halogens is 2. The summed E-state index contributed by atoms with van der Waals surface area (Å²) in [6, 6.07) is 27.4. The van der Waals surface area contributed by atoms with Crippen molar-refractivity contribution in [1.82, 2.24) is 20.4 Å². The lowest BCUT2D eigenvalue weighted by atomic mass is 9.92. The SMILES string of the molecule is CNC(=O)C1CN(Cc2ccc(OCc3ccc(C#N)cc3)cc2Cc2cc(OCc3ccc(Cl)c(Cl)c3)ccc2CN2CC(C(=O)NC)C2)C1. The molecule has 11 heteroatoms. The second-order valence-electron chi connectivity index (χ2n) is 13.2. The summed E-state index contributed by atoms with van der Waals surface area (Å²) in [5, 5.41) is 15.7. The normalized spacial score (nSPS) is 15.0. The van der Waals surface area contributed by atoms with Gasteiger partial charge >= 0.3 is 0 Å². The van der Waals surface area contributed by atoms with Crippen molar-refractivity contribution in [2.75, 3.05) is 40.3 Å². The van der Waals surface area contributed by atoms with Crippen LogP contribution in [0, 0.1) is 23.2 Å². The number of benzene rings is 4. The highest BCUT2D eigenvalue weighted by Gasteiger charge is 2.33. The van der Waals surface area contributed by atoms with Gasteiger partial charge in [-0.3, -0.25) is 19.4 Å². The molecule has 2 aliphatic heterocycles. The molecule has 264 valence electrons. The molecule has 0 spiro atoms. The maximum absolute atomic E-state index is 12.2. The van der Waals surface area contributed by atoms with Crippen molar-refractivity contribution in [3.8, 4) is 17.6 Å². The maximum Gasteiger partial charge on any atom is 0.225 e. The third kappa shape index (κ3) is 9.21. The molecule has 2 fully saturated rings. The molecule has 4 aromatic carbocycles. The van der Waals surface area contributed by atoms with E-state index >= 15 is 0 Å². The predicted molar refractivity (Wildman–Crippen MR) is 198 cm³/mol. The van der Waals surface area contributed by atoms with Crippen LogP contribution in [0.25, 0.3) is 0 Å². The van der Waals surface area contributed by atoms with Crippen LogP contribution in [0.2, 0.25) is 10.0 Å². The van der Waals surface area contributed by atoms with Gasteiger partial charge in [-0.2, -0.15) is 5.26 Å². The average molecular weight is 727 g/mol. The maximum atomic E-state index is 12.2. The summed E-state index contributed by atoms with van der Waals surface area (Å²) in [6.45, 7) is 4.96. The number of ether oxygens (including phenoxy) is 2. The second-order valence-corrected chi connectivity index (χ2v) is 14.0. The predicted octanol–water partition coefficient (Wildman–Crippen LogP) is 5.97. The van der Waals surface area contributed by atoms with Gasteiger partial charge in [-0.25, -0.2) is 0 Å². The molecule has 6 rings (SSSR count). The van der Waals surface area contributed by atoms with E-state index < -0.39 is 0 Å². The number of likely N-dealkylation sites (tertiary alicyclic amines) is 2. The van der Waals surface area contributed by atoms with Gasteiger partial charge < -0.3 is 20.1 Å². The van der Waals surface area contributed by atoms with E-state index in [0.717, 1.165) is 44.9 Å². The molecule has 51 heavy (non-hydrogen) atoms. The van der Waals surface area contributed by atoms with Crippen molar-refractivity contribution in [3.05, 3.63) is 128 Å². The van der Waals surface area contributed by atoms with Crippen LogP contribution < -0.4 is 20.1 Å². The number of carbonyl (C=O) groups is 2. The van der Waals surface area contributed by atoms with E-state index in [0.29, 0.717) is 74.5 Å². The van der Waals surface area contributed by atoms with Crippen LogP contribution in [0.15, 0.2) is 78.9 Å². The summed E-state index contributed by atoms with van der Waals surface area (Å²) in [7, 11) is 3.36. The minimum atomic E-state index is -0.000984. The third-order valence-electron chi connectivity index (χ3n) is 9.55. The number of nitrogens with one attached hydrogen (secondary N) is 2. The molecular formula is C40H41Cl2N5O4. The molecule has 0 aromatic heterocycles. The number of hydrogen-bond acceptors (Lipinski definition) is 7. The summed E-state index contributed by atoms with van der Waals surface area (Å²) in [5.74, 6) is 1.63. The second kappa shape index (κ2) is 16.6. The van der Waals surface area contributed by atoms with Gasteiger partial charge in [0.15, 0.2) is 0 Å². The van der Waals surface area contributed by atoms with Crippen LogP contribution >= 0.6 is 23.2 Å². The summed E-state index contributed by atoms with van der Waals surface area (Å²) < 4.78 is 12.5. The van der Waals surface area contributed by atoms with Gasteiger partial charge in [0.2, 0.25) is 11.8 Å². The smallest absolute Gasteiger partial charge is 0.225 e. The Balaban J connectivity index is 1.26. The van der Waals surface area contributed by atoms with Crippen molar-refractivity contribution in [1.29, 1.82) is 5.26 Å². The Kier molecular flexibility index (Phi) is 11.8. The average Bonchev–Trinajstić information content (AvgIpc) is 3.11. The first kappa shape index (κ1) is 36.2. The van der Waals surface area contributed by atoms with Gasteiger partial charge in [0.05, 0.1) is 33.5 Å². The number of carbonyl (C=O) groups excluding carboxylic acids is 2. The number of rotatable bonds is 14. The van der Waals surface area contributed by atoms with Gasteiger partial charge in [0.25, 0.3) is 0 Å². The molecule has 0 radical (unpaired) electrons. The van der Waals surface area contributed by atoms with E-state index in [1.54, 1.807) is 32.3 Å². The van der Waals surface area contributed by atoms with Crippen molar-refractivity contribution in [2.45, 2.75) is 32.7 Å². The monoisotopic (exact) mass is 725 g/mol. The van der Waals surface area contributed by atoms with Crippen LogP contribution in [0.5, 0.6) is 11.5 Å². The Bertz CT molecular complexity index is 1920. The number of nitriles is 1. The largest absolute Gasteiger partial charge is 0.489 e. The van der Waals surface area contributed by atoms with E-state index in [4.69, 9.17) is 37.9 Å². The molecule has 0 aliphatic carbocycles. The summed E-state index contributed by atoms with van der Waals surface area (Å²) in [4.78, 5) is 28.9. The minimum Gasteiger partial charge on any atom is -0.489 e. The fraction of sp³-hybridized carbons (Fsp3) is 0.325. The molecule has 2 N–H and O–H groups in total. The van der Waals surface area contributed by atoms with Gasteiger partial charge in [-0.05, 0) is 88.3 Å². The van der Waals surface area contributed by atoms with Crippen molar-refractivity contribution in [2.24, 2.45) is 11.8 Å². The quantitative estimate of drug-likeness (QED) is 0.165. The molecular weight excluding hydrogens is 685 g/mol. The number of nitrogens with zero attached hydrogens (tertiary/aromatic N) is 3. The summed E-state index contributed by atoms with van der Waals surface area (Å²) in [6.07, 6.45) is 0.627. The van der Waals surface area contributed by atoms with Crippen molar-refractivity contribution < 1.29 is 19.1 Å². The number of hydrogen-bond donors (Lipinski definition) is 2. The van der Waals surface area contributed by atoms with Crippen LogP contribution in [0.1, 0.15) is 38.9 Å². The lowest BCUT2D eigenvalue weighted by Gasteiger charge is -2.38. The Labute approximate surface area is 309 Å². The van der Waals surface area contributed by atoms with E-state index in [2.05, 4.69) is 50.8 Å². The highest BCUT2D eigenvalue weighted by atomic mass is 35.5. The molecule has 0 unspecified atom stereocenters.